The number of nitrogens with two attached hydrogens (primary N) is 1. The van der Waals surface area contributed by atoms with E-state index in [0.29, 0.717) is 16.9 Å². The number of nitrogen functional groups attached to an aromatic ring is 1. The average molecular weight is 409 g/mol. The van der Waals surface area contributed by atoms with Gasteiger partial charge in [0.2, 0.25) is 0 Å². The lowest BCUT2D eigenvalue weighted by Gasteiger charge is -2.11. The van der Waals surface area contributed by atoms with Crippen molar-refractivity contribution in [2.24, 2.45) is 0 Å². The summed E-state index contributed by atoms with van der Waals surface area (Å²) < 4.78 is 3.23. The molecule has 0 bridgehead atoms. The van der Waals surface area contributed by atoms with Gasteiger partial charge in [-0.1, -0.05) is 60.3 Å². The van der Waals surface area contributed by atoms with Gasteiger partial charge in [0, 0.05) is 15.4 Å². The number of para-hydroxylation sites is 2. The molecule has 1 aliphatic heterocycles. The first-order valence-corrected chi connectivity index (χ1v) is 10.3. The van der Waals surface area contributed by atoms with E-state index in [1.165, 1.54) is 0 Å². The standard InChI is InChI=1S/C23H15N5OS/c24-20-19-21(26-28(20)14-8-2-1-3-9-14)25-22-15-10-4-6-12-17(15)30-18-13-7-5-11-16(18)27(22)23(19)29/h1-13H,24H2. The molecule has 0 saturated heterocycles. The minimum Gasteiger partial charge on any atom is -0.383 e. The fourth-order valence-corrected chi connectivity index (χ4v) is 4.88. The molecule has 0 spiro atoms. The quantitative estimate of drug-likeness (QED) is 0.438. The molecule has 30 heavy (non-hydrogen) atoms. The van der Waals surface area contributed by atoms with Crippen LogP contribution >= 0.6 is 11.8 Å². The van der Waals surface area contributed by atoms with E-state index in [4.69, 9.17) is 10.7 Å². The van der Waals surface area contributed by atoms with Crippen molar-refractivity contribution < 1.29 is 0 Å². The maximum Gasteiger partial charge on any atom is 0.271 e. The summed E-state index contributed by atoms with van der Waals surface area (Å²) in [5, 5.41) is 4.89. The first-order chi connectivity index (χ1) is 14.7. The van der Waals surface area contributed by atoms with Crippen molar-refractivity contribution in [2.45, 2.75) is 9.79 Å². The van der Waals surface area contributed by atoms with E-state index in [9.17, 15) is 4.79 Å². The Morgan fingerprint density at radius 2 is 1.53 bits per heavy atom. The van der Waals surface area contributed by atoms with Crippen molar-refractivity contribution in [1.82, 2.24) is 19.3 Å². The molecule has 0 radical (unpaired) electrons. The van der Waals surface area contributed by atoms with E-state index >= 15 is 0 Å². The van der Waals surface area contributed by atoms with Gasteiger partial charge in [-0.25, -0.2) is 9.67 Å². The Balaban J connectivity index is 1.76. The third-order valence-corrected chi connectivity index (χ3v) is 6.34. The highest BCUT2D eigenvalue weighted by Crippen LogP contribution is 2.42. The van der Waals surface area contributed by atoms with Crippen molar-refractivity contribution in [2.75, 3.05) is 5.73 Å². The smallest absolute Gasteiger partial charge is 0.271 e. The van der Waals surface area contributed by atoms with E-state index in [2.05, 4.69) is 5.10 Å². The van der Waals surface area contributed by atoms with Gasteiger partial charge in [0.05, 0.1) is 11.4 Å². The van der Waals surface area contributed by atoms with Crippen molar-refractivity contribution in [1.29, 1.82) is 0 Å². The second kappa shape index (κ2) is 6.33. The van der Waals surface area contributed by atoms with Gasteiger partial charge >= 0.3 is 0 Å². The van der Waals surface area contributed by atoms with Gasteiger partial charge in [-0.05, 0) is 30.3 Å². The van der Waals surface area contributed by atoms with Gasteiger partial charge in [0.25, 0.3) is 5.56 Å². The van der Waals surface area contributed by atoms with Crippen molar-refractivity contribution >= 4 is 28.6 Å². The minimum absolute atomic E-state index is 0.223. The minimum atomic E-state index is -0.223. The summed E-state index contributed by atoms with van der Waals surface area (Å²) in [6.45, 7) is 0. The number of rotatable bonds is 1. The molecule has 0 unspecified atom stereocenters. The molecule has 0 atom stereocenters. The molecule has 7 heteroatoms. The van der Waals surface area contributed by atoms with Gasteiger partial charge in [0.15, 0.2) is 11.5 Å². The molecule has 2 aromatic heterocycles. The third-order valence-electron chi connectivity index (χ3n) is 5.20. The normalized spacial score (nSPS) is 12.1. The van der Waals surface area contributed by atoms with Gasteiger partial charge in [-0.15, -0.1) is 5.10 Å². The molecule has 2 N–H and O–H groups in total. The highest BCUT2D eigenvalue weighted by atomic mass is 32.2. The molecule has 3 heterocycles. The van der Waals surface area contributed by atoms with Crippen LogP contribution in [0.1, 0.15) is 0 Å². The number of benzene rings is 3. The van der Waals surface area contributed by atoms with Gasteiger partial charge < -0.3 is 5.73 Å². The molecule has 6 nitrogen and oxygen atoms in total. The van der Waals surface area contributed by atoms with Gasteiger partial charge in [-0.3, -0.25) is 9.36 Å². The predicted octanol–water partition coefficient (Wildman–Crippen LogP) is 4.29. The zero-order valence-electron chi connectivity index (χ0n) is 15.7. The van der Waals surface area contributed by atoms with E-state index in [-0.39, 0.29) is 11.4 Å². The summed E-state index contributed by atoms with van der Waals surface area (Å²) in [4.78, 5) is 20.6. The highest BCUT2D eigenvalue weighted by molar-refractivity contribution is 7.99. The average Bonchev–Trinajstić information content (AvgIpc) is 3.04. The Morgan fingerprint density at radius 1 is 0.833 bits per heavy atom. The molecule has 0 fully saturated rings. The Labute approximate surface area is 175 Å². The van der Waals surface area contributed by atoms with Crippen LogP contribution in [0.4, 0.5) is 5.82 Å². The second-order valence-electron chi connectivity index (χ2n) is 6.97. The van der Waals surface area contributed by atoms with E-state index in [0.717, 1.165) is 26.7 Å². The van der Waals surface area contributed by atoms with E-state index < -0.39 is 0 Å². The summed E-state index contributed by atoms with van der Waals surface area (Å²) >= 11 is 1.63. The largest absolute Gasteiger partial charge is 0.383 e. The third kappa shape index (κ3) is 2.36. The van der Waals surface area contributed by atoms with Crippen LogP contribution < -0.4 is 11.3 Å². The van der Waals surface area contributed by atoms with E-state index in [1.807, 2.05) is 78.9 Å². The zero-order valence-corrected chi connectivity index (χ0v) is 16.5. The van der Waals surface area contributed by atoms with Gasteiger partial charge in [0.1, 0.15) is 11.2 Å². The maximum atomic E-state index is 13.7. The van der Waals surface area contributed by atoms with Crippen LogP contribution in [-0.2, 0) is 0 Å². The number of hydrogen-bond donors (Lipinski definition) is 1. The number of nitrogens with zero attached hydrogens (tertiary/aromatic N) is 4. The Bertz CT molecular complexity index is 1500. The molecule has 0 amide bonds. The Hall–Kier alpha value is -3.84. The topological polar surface area (TPSA) is 78.7 Å². The maximum absolute atomic E-state index is 13.7. The van der Waals surface area contributed by atoms with E-state index in [1.54, 1.807) is 21.0 Å². The lowest BCUT2D eigenvalue weighted by atomic mass is 10.2. The molecule has 3 aromatic carbocycles. The lowest BCUT2D eigenvalue weighted by molar-refractivity contribution is 0.896. The first-order valence-electron chi connectivity index (χ1n) is 9.46. The number of hydrogen-bond acceptors (Lipinski definition) is 5. The molecular formula is C23H15N5OS. The van der Waals surface area contributed by atoms with Crippen LogP contribution in [0.5, 0.6) is 0 Å². The number of anilines is 1. The number of fused-ring (bicyclic) bond motifs is 6. The van der Waals surface area contributed by atoms with Crippen molar-refractivity contribution in [3.8, 4) is 22.8 Å². The molecule has 6 rings (SSSR count). The summed E-state index contributed by atoms with van der Waals surface area (Å²) in [5.74, 6) is 0.852. The van der Waals surface area contributed by atoms with Crippen LogP contribution in [0.3, 0.4) is 0 Å². The zero-order chi connectivity index (χ0) is 20.2. The van der Waals surface area contributed by atoms with Crippen LogP contribution in [0.25, 0.3) is 33.8 Å². The molecule has 0 aliphatic carbocycles. The van der Waals surface area contributed by atoms with Crippen LogP contribution in [0.15, 0.2) is 93.4 Å². The fraction of sp³-hybridized carbons (Fsp3) is 0. The second-order valence-corrected chi connectivity index (χ2v) is 8.06. The van der Waals surface area contributed by atoms with Crippen molar-refractivity contribution in [3.05, 3.63) is 89.2 Å². The Kier molecular flexibility index (Phi) is 3.60. The number of aromatic nitrogens is 4. The molecule has 144 valence electrons. The highest BCUT2D eigenvalue weighted by Gasteiger charge is 2.26. The summed E-state index contributed by atoms with van der Waals surface area (Å²) in [6, 6.07) is 25.3. The summed E-state index contributed by atoms with van der Waals surface area (Å²) in [5.41, 5.74) is 8.98. The Morgan fingerprint density at radius 3 is 2.37 bits per heavy atom. The summed E-state index contributed by atoms with van der Waals surface area (Å²) in [7, 11) is 0. The summed E-state index contributed by atoms with van der Waals surface area (Å²) in [6.07, 6.45) is 0. The molecule has 1 aliphatic rings. The predicted molar refractivity (Wildman–Crippen MR) is 118 cm³/mol. The SMILES string of the molecule is Nc1c2c(=O)n3c(nc2nn1-c1ccccc1)-c1ccccc1Sc1ccccc1-3. The molecule has 5 aromatic rings. The van der Waals surface area contributed by atoms with Crippen LogP contribution in [-0.4, -0.2) is 19.3 Å². The molecular weight excluding hydrogens is 394 g/mol. The monoisotopic (exact) mass is 409 g/mol. The molecule has 0 saturated carbocycles. The van der Waals surface area contributed by atoms with Crippen LogP contribution in [0.2, 0.25) is 0 Å². The first kappa shape index (κ1) is 17.1. The van der Waals surface area contributed by atoms with Crippen LogP contribution in [0, 0.1) is 0 Å². The van der Waals surface area contributed by atoms with Gasteiger partial charge in [-0.2, -0.15) is 0 Å². The fourth-order valence-electron chi connectivity index (χ4n) is 3.82. The van der Waals surface area contributed by atoms with Crippen molar-refractivity contribution in [3.63, 3.8) is 0 Å². The lowest BCUT2D eigenvalue weighted by Crippen LogP contribution is -2.22.